The highest BCUT2D eigenvalue weighted by molar-refractivity contribution is 5.89. The molecule has 0 spiro atoms. The minimum atomic E-state index is -0.355. The highest BCUT2D eigenvalue weighted by Gasteiger charge is 2.46. The van der Waals surface area contributed by atoms with Gasteiger partial charge in [0, 0.05) is 18.6 Å². The van der Waals surface area contributed by atoms with Crippen LogP contribution in [0.2, 0.25) is 0 Å². The topological polar surface area (TPSA) is 32.3 Å². The molecule has 1 amide bonds. The van der Waals surface area contributed by atoms with Gasteiger partial charge in [-0.25, -0.2) is 0 Å². The lowest BCUT2D eigenvalue weighted by atomic mass is 9.74. The standard InChI is InChI=1S/C19H28N2O.ClH/c1-3-19(4-2,15-8-6-5-7-9-15)18(22)21-16-10-11-17(21)14-20-13-12-16;/h5-9,16-17,20H,3-4,10-14H2,1-2H3;1H. The zero-order chi connectivity index (χ0) is 15.6. The Morgan fingerprint density at radius 3 is 2.43 bits per heavy atom. The number of amides is 1. The molecule has 2 fully saturated rings. The van der Waals surface area contributed by atoms with Gasteiger partial charge in [-0.2, -0.15) is 0 Å². The largest absolute Gasteiger partial charge is 0.335 e. The lowest BCUT2D eigenvalue weighted by molar-refractivity contribution is -0.140. The minimum absolute atomic E-state index is 0. The molecule has 0 aromatic heterocycles. The first-order valence-corrected chi connectivity index (χ1v) is 8.82. The van der Waals surface area contributed by atoms with E-state index in [4.69, 9.17) is 0 Å². The van der Waals surface area contributed by atoms with Crippen molar-refractivity contribution in [2.75, 3.05) is 13.1 Å². The van der Waals surface area contributed by atoms with Gasteiger partial charge in [-0.3, -0.25) is 4.79 Å². The third kappa shape index (κ3) is 3.14. The van der Waals surface area contributed by atoms with E-state index < -0.39 is 0 Å². The maximum Gasteiger partial charge on any atom is 0.233 e. The van der Waals surface area contributed by atoms with Crippen molar-refractivity contribution in [2.24, 2.45) is 0 Å². The Balaban J connectivity index is 0.00000192. The van der Waals surface area contributed by atoms with Gasteiger partial charge < -0.3 is 10.2 Å². The second-order valence-electron chi connectivity index (χ2n) is 6.75. The Morgan fingerprint density at radius 1 is 1.13 bits per heavy atom. The van der Waals surface area contributed by atoms with Crippen LogP contribution in [0.5, 0.6) is 0 Å². The van der Waals surface area contributed by atoms with Crippen LogP contribution in [-0.4, -0.2) is 36.0 Å². The molecule has 23 heavy (non-hydrogen) atoms. The molecule has 2 saturated heterocycles. The molecule has 1 aromatic carbocycles. The minimum Gasteiger partial charge on any atom is -0.335 e. The number of carbonyl (C=O) groups excluding carboxylic acids is 1. The molecule has 2 atom stereocenters. The number of hydrogen-bond acceptors (Lipinski definition) is 2. The Bertz CT molecular complexity index is 501. The molecule has 0 saturated carbocycles. The molecule has 128 valence electrons. The Morgan fingerprint density at radius 2 is 1.78 bits per heavy atom. The third-order valence-corrected chi connectivity index (χ3v) is 5.83. The SMILES string of the molecule is CCC(CC)(C(=O)N1C2CCNCC1CC2)c1ccccc1.Cl. The van der Waals surface area contributed by atoms with Crippen LogP contribution in [0.4, 0.5) is 0 Å². The van der Waals surface area contributed by atoms with E-state index in [1.165, 1.54) is 12.0 Å². The molecular weight excluding hydrogens is 308 g/mol. The van der Waals surface area contributed by atoms with E-state index in [0.29, 0.717) is 18.0 Å². The van der Waals surface area contributed by atoms with Crippen molar-refractivity contribution < 1.29 is 4.79 Å². The van der Waals surface area contributed by atoms with Crippen LogP contribution in [-0.2, 0) is 10.2 Å². The maximum atomic E-state index is 13.6. The van der Waals surface area contributed by atoms with E-state index in [2.05, 4.69) is 48.3 Å². The first-order valence-electron chi connectivity index (χ1n) is 8.82. The van der Waals surface area contributed by atoms with Crippen LogP contribution < -0.4 is 5.32 Å². The Kier molecular flexibility index (Phi) is 6.10. The van der Waals surface area contributed by atoms with Crippen LogP contribution in [0.25, 0.3) is 0 Å². The average Bonchev–Trinajstić information content (AvgIpc) is 2.83. The van der Waals surface area contributed by atoms with Crippen LogP contribution in [0.1, 0.15) is 51.5 Å². The van der Waals surface area contributed by atoms with Gasteiger partial charge in [0.1, 0.15) is 0 Å². The Hall–Kier alpha value is -1.06. The van der Waals surface area contributed by atoms with Crippen molar-refractivity contribution >= 4 is 18.3 Å². The summed E-state index contributed by atoms with van der Waals surface area (Å²) in [5.41, 5.74) is 0.827. The van der Waals surface area contributed by atoms with E-state index in [-0.39, 0.29) is 17.8 Å². The maximum absolute atomic E-state index is 13.6. The molecule has 1 aromatic rings. The molecule has 0 aliphatic carbocycles. The van der Waals surface area contributed by atoms with Gasteiger partial charge in [0.05, 0.1) is 5.41 Å². The van der Waals surface area contributed by atoms with Gasteiger partial charge in [0.15, 0.2) is 0 Å². The van der Waals surface area contributed by atoms with Gasteiger partial charge in [0.25, 0.3) is 0 Å². The summed E-state index contributed by atoms with van der Waals surface area (Å²) in [5.74, 6) is 0.361. The molecule has 2 bridgehead atoms. The molecule has 3 nitrogen and oxygen atoms in total. The van der Waals surface area contributed by atoms with Crippen LogP contribution in [0.3, 0.4) is 0 Å². The molecule has 3 rings (SSSR count). The van der Waals surface area contributed by atoms with Crippen molar-refractivity contribution in [3.05, 3.63) is 35.9 Å². The summed E-state index contributed by atoms with van der Waals surface area (Å²) in [6.45, 7) is 6.32. The third-order valence-electron chi connectivity index (χ3n) is 5.83. The summed E-state index contributed by atoms with van der Waals surface area (Å²) in [6.07, 6.45) is 5.17. The highest BCUT2D eigenvalue weighted by Crippen LogP contribution is 2.38. The number of benzene rings is 1. The van der Waals surface area contributed by atoms with Gasteiger partial charge >= 0.3 is 0 Å². The molecule has 1 N–H and O–H groups in total. The molecule has 0 radical (unpaired) electrons. The van der Waals surface area contributed by atoms with Crippen molar-refractivity contribution in [3.8, 4) is 0 Å². The first-order chi connectivity index (χ1) is 10.7. The molecular formula is C19H29ClN2O. The van der Waals surface area contributed by atoms with Crippen molar-refractivity contribution in [3.63, 3.8) is 0 Å². The smallest absolute Gasteiger partial charge is 0.233 e. The van der Waals surface area contributed by atoms with Gasteiger partial charge in [-0.1, -0.05) is 44.2 Å². The van der Waals surface area contributed by atoms with Crippen LogP contribution in [0.15, 0.2) is 30.3 Å². The van der Waals surface area contributed by atoms with E-state index in [9.17, 15) is 4.79 Å². The molecule has 2 aliphatic heterocycles. The van der Waals surface area contributed by atoms with E-state index in [0.717, 1.165) is 38.8 Å². The summed E-state index contributed by atoms with van der Waals surface area (Å²) in [4.78, 5) is 15.8. The number of rotatable bonds is 4. The van der Waals surface area contributed by atoms with E-state index in [1.807, 2.05) is 6.07 Å². The van der Waals surface area contributed by atoms with Gasteiger partial charge in [0.2, 0.25) is 5.91 Å². The first kappa shape index (κ1) is 18.3. The average molecular weight is 337 g/mol. The predicted molar refractivity (Wildman–Crippen MR) is 97.1 cm³/mol. The quantitative estimate of drug-likeness (QED) is 0.912. The monoisotopic (exact) mass is 336 g/mol. The summed E-state index contributed by atoms with van der Waals surface area (Å²) >= 11 is 0. The van der Waals surface area contributed by atoms with E-state index in [1.54, 1.807) is 0 Å². The number of carbonyl (C=O) groups is 1. The summed E-state index contributed by atoms with van der Waals surface area (Å²) < 4.78 is 0. The summed E-state index contributed by atoms with van der Waals surface area (Å²) in [5, 5.41) is 3.50. The Labute approximate surface area is 146 Å². The fraction of sp³-hybridized carbons (Fsp3) is 0.632. The predicted octanol–water partition coefficient (Wildman–Crippen LogP) is 3.52. The normalized spacial score (nSPS) is 24.0. The van der Waals surface area contributed by atoms with Crippen molar-refractivity contribution in [1.82, 2.24) is 10.2 Å². The molecule has 2 heterocycles. The number of nitrogens with one attached hydrogen (secondary N) is 1. The molecule has 2 aliphatic rings. The zero-order valence-electron chi connectivity index (χ0n) is 14.3. The molecule has 4 heteroatoms. The zero-order valence-corrected chi connectivity index (χ0v) is 15.1. The van der Waals surface area contributed by atoms with E-state index >= 15 is 0 Å². The fourth-order valence-corrected chi connectivity index (χ4v) is 4.40. The molecule has 2 unspecified atom stereocenters. The van der Waals surface area contributed by atoms with Crippen LogP contribution in [0, 0.1) is 0 Å². The van der Waals surface area contributed by atoms with Gasteiger partial charge in [-0.05, 0) is 44.2 Å². The lowest BCUT2D eigenvalue weighted by Crippen LogP contribution is -2.52. The number of nitrogens with zero attached hydrogens (tertiary/aromatic N) is 1. The fourth-order valence-electron chi connectivity index (χ4n) is 4.40. The van der Waals surface area contributed by atoms with Crippen molar-refractivity contribution in [2.45, 2.75) is 63.5 Å². The number of halogens is 1. The van der Waals surface area contributed by atoms with Crippen LogP contribution >= 0.6 is 12.4 Å². The lowest BCUT2D eigenvalue weighted by Gasteiger charge is -2.39. The van der Waals surface area contributed by atoms with Crippen molar-refractivity contribution in [1.29, 1.82) is 0 Å². The number of fused-ring (bicyclic) bond motifs is 2. The second-order valence-corrected chi connectivity index (χ2v) is 6.75. The summed E-state index contributed by atoms with van der Waals surface area (Å²) in [7, 11) is 0. The van der Waals surface area contributed by atoms with Gasteiger partial charge in [-0.15, -0.1) is 12.4 Å². The summed E-state index contributed by atoms with van der Waals surface area (Å²) in [6, 6.07) is 11.2. The highest BCUT2D eigenvalue weighted by atomic mass is 35.5. The second kappa shape index (κ2) is 7.67. The number of hydrogen-bond donors (Lipinski definition) is 1.